The number of benzene rings is 1. The average Bonchev–Trinajstić information content (AvgIpc) is 3.38. The van der Waals surface area contributed by atoms with Crippen LogP contribution in [0.3, 0.4) is 0 Å². The molecule has 0 spiro atoms. The number of carbonyl (C=O) groups is 1. The predicted molar refractivity (Wildman–Crippen MR) is 119 cm³/mol. The van der Waals surface area contributed by atoms with Gasteiger partial charge in [-0.05, 0) is 37.1 Å². The van der Waals surface area contributed by atoms with Crippen molar-refractivity contribution in [2.75, 3.05) is 11.9 Å². The molecule has 0 aliphatic heterocycles. The molecule has 1 amide bonds. The Hall–Kier alpha value is -4.19. The molecule has 1 N–H and O–H groups in total. The van der Waals surface area contributed by atoms with Gasteiger partial charge in [-0.25, -0.2) is 9.50 Å². The van der Waals surface area contributed by atoms with Gasteiger partial charge in [-0.1, -0.05) is 13.8 Å². The molecule has 162 valence electrons. The van der Waals surface area contributed by atoms with E-state index in [1.54, 1.807) is 52.1 Å². The topological polar surface area (TPSA) is 110 Å². The summed E-state index contributed by atoms with van der Waals surface area (Å²) < 4.78 is 9.11. The first-order valence-electron chi connectivity index (χ1n) is 10.3. The van der Waals surface area contributed by atoms with Crippen molar-refractivity contribution in [1.29, 1.82) is 5.26 Å². The van der Waals surface area contributed by atoms with Gasteiger partial charge in [-0.15, -0.1) is 0 Å². The third kappa shape index (κ3) is 4.16. The van der Waals surface area contributed by atoms with Gasteiger partial charge in [0.2, 0.25) is 0 Å². The predicted octanol–water partition coefficient (Wildman–Crippen LogP) is 3.77. The van der Waals surface area contributed by atoms with Crippen LogP contribution in [0.25, 0.3) is 16.9 Å². The van der Waals surface area contributed by atoms with E-state index in [0.29, 0.717) is 58.5 Å². The fourth-order valence-corrected chi connectivity index (χ4v) is 3.42. The lowest BCUT2D eigenvalue weighted by molar-refractivity contribution is 0.102. The number of rotatable bonds is 7. The molecule has 0 bridgehead atoms. The van der Waals surface area contributed by atoms with Gasteiger partial charge in [0.05, 0.1) is 30.1 Å². The van der Waals surface area contributed by atoms with Crippen LogP contribution in [0.15, 0.2) is 49.1 Å². The molecule has 3 heterocycles. The summed E-state index contributed by atoms with van der Waals surface area (Å²) in [5, 5.41) is 21.2. The highest BCUT2D eigenvalue weighted by Gasteiger charge is 2.21. The second-order valence-corrected chi connectivity index (χ2v) is 7.66. The molecule has 3 aromatic heterocycles. The Morgan fingerprint density at radius 1 is 1.34 bits per heavy atom. The minimum Gasteiger partial charge on any atom is -0.493 e. The van der Waals surface area contributed by atoms with Gasteiger partial charge in [-0.3, -0.25) is 9.48 Å². The molecule has 1 aromatic carbocycles. The van der Waals surface area contributed by atoms with Crippen molar-refractivity contribution in [3.05, 3.63) is 60.2 Å². The number of hydrogen-bond acceptors (Lipinski definition) is 6. The Bertz CT molecular complexity index is 1310. The molecule has 4 aromatic rings. The van der Waals surface area contributed by atoms with Crippen LogP contribution < -0.4 is 10.1 Å². The maximum absolute atomic E-state index is 13.1. The molecule has 9 heteroatoms. The van der Waals surface area contributed by atoms with Crippen molar-refractivity contribution < 1.29 is 9.53 Å². The number of nitriles is 1. The summed E-state index contributed by atoms with van der Waals surface area (Å²) in [7, 11) is 0. The summed E-state index contributed by atoms with van der Waals surface area (Å²) in [6, 6.07) is 9.06. The number of anilines is 1. The highest BCUT2D eigenvalue weighted by Crippen LogP contribution is 2.35. The first kappa shape index (κ1) is 21.1. The summed E-state index contributed by atoms with van der Waals surface area (Å²) >= 11 is 0. The van der Waals surface area contributed by atoms with Gasteiger partial charge in [0.25, 0.3) is 5.91 Å². The largest absolute Gasteiger partial charge is 0.493 e. The van der Waals surface area contributed by atoms with E-state index in [9.17, 15) is 10.1 Å². The summed E-state index contributed by atoms with van der Waals surface area (Å²) in [5.41, 5.74) is 2.98. The second kappa shape index (κ2) is 8.89. The summed E-state index contributed by atoms with van der Waals surface area (Å²) in [6.07, 6.45) is 6.62. The fourth-order valence-electron chi connectivity index (χ4n) is 3.42. The molecular formula is C23H23N7O2. The number of carbonyl (C=O) groups excluding carboxylic acids is 1. The number of nitrogens with one attached hydrogen (secondary N) is 1. The molecule has 0 atom stereocenters. The zero-order valence-electron chi connectivity index (χ0n) is 18.1. The van der Waals surface area contributed by atoms with Gasteiger partial charge in [0.15, 0.2) is 5.65 Å². The Morgan fingerprint density at radius 2 is 2.19 bits per heavy atom. The maximum Gasteiger partial charge on any atom is 0.261 e. The zero-order chi connectivity index (χ0) is 22.7. The Labute approximate surface area is 185 Å². The normalized spacial score (nSPS) is 11.0. The van der Waals surface area contributed by atoms with E-state index < -0.39 is 0 Å². The lowest BCUT2D eigenvalue weighted by atomic mass is 10.1. The second-order valence-electron chi connectivity index (χ2n) is 7.66. The quantitative estimate of drug-likeness (QED) is 0.479. The van der Waals surface area contributed by atoms with Gasteiger partial charge < -0.3 is 10.1 Å². The first-order valence-corrected chi connectivity index (χ1v) is 10.3. The highest BCUT2D eigenvalue weighted by molar-refractivity contribution is 6.09. The van der Waals surface area contributed by atoms with Gasteiger partial charge >= 0.3 is 0 Å². The van der Waals surface area contributed by atoms with E-state index in [4.69, 9.17) is 9.84 Å². The van der Waals surface area contributed by atoms with Crippen LogP contribution in [-0.2, 0) is 6.54 Å². The Morgan fingerprint density at radius 3 is 2.94 bits per heavy atom. The number of nitrogens with zero attached hydrogens (tertiary/aromatic N) is 6. The molecule has 32 heavy (non-hydrogen) atoms. The van der Waals surface area contributed by atoms with Crippen molar-refractivity contribution >= 4 is 17.2 Å². The van der Waals surface area contributed by atoms with Crippen molar-refractivity contribution in [2.24, 2.45) is 5.92 Å². The van der Waals surface area contributed by atoms with Crippen LogP contribution in [0.4, 0.5) is 5.69 Å². The summed E-state index contributed by atoms with van der Waals surface area (Å²) in [4.78, 5) is 17.4. The highest BCUT2D eigenvalue weighted by atomic mass is 16.5. The van der Waals surface area contributed by atoms with Crippen LogP contribution in [0, 0.1) is 17.2 Å². The summed E-state index contributed by atoms with van der Waals surface area (Å²) in [5.74, 6) is 0.597. The van der Waals surface area contributed by atoms with Crippen LogP contribution in [0.2, 0.25) is 0 Å². The SMILES string of the molecule is CCOc1ccc(C#N)cc1-c1nn(CC(C)C)cc1NC(=O)c1cnn2cccnc12. The minimum absolute atomic E-state index is 0.349. The van der Waals surface area contributed by atoms with Gasteiger partial charge in [0, 0.05) is 30.7 Å². The van der Waals surface area contributed by atoms with Crippen molar-refractivity contribution in [3.8, 4) is 23.1 Å². The first-order chi connectivity index (χ1) is 15.5. The van der Waals surface area contributed by atoms with E-state index in [-0.39, 0.29) is 5.91 Å². The van der Waals surface area contributed by atoms with Crippen molar-refractivity contribution in [3.63, 3.8) is 0 Å². The third-order valence-electron chi connectivity index (χ3n) is 4.75. The number of fused-ring (bicyclic) bond motifs is 1. The van der Waals surface area contributed by atoms with E-state index in [1.165, 1.54) is 6.20 Å². The molecule has 0 saturated heterocycles. The molecule has 0 saturated carbocycles. The number of ether oxygens (including phenoxy) is 1. The monoisotopic (exact) mass is 429 g/mol. The van der Waals surface area contributed by atoms with E-state index in [2.05, 4.69) is 35.3 Å². The summed E-state index contributed by atoms with van der Waals surface area (Å²) in [6.45, 7) is 7.20. The molecule has 0 unspecified atom stereocenters. The lowest BCUT2D eigenvalue weighted by Gasteiger charge is -2.11. The van der Waals surface area contributed by atoms with Crippen LogP contribution >= 0.6 is 0 Å². The molecular weight excluding hydrogens is 406 g/mol. The zero-order valence-corrected chi connectivity index (χ0v) is 18.1. The van der Waals surface area contributed by atoms with Crippen molar-refractivity contribution in [1.82, 2.24) is 24.4 Å². The smallest absolute Gasteiger partial charge is 0.261 e. The van der Waals surface area contributed by atoms with E-state index >= 15 is 0 Å². The third-order valence-corrected chi connectivity index (χ3v) is 4.75. The molecule has 4 rings (SSSR count). The number of hydrogen-bond donors (Lipinski definition) is 1. The molecule has 9 nitrogen and oxygen atoms in total. The standard InChI is InChI=1S/C23H23N7O2/c1-4-32-20-7-6-16(11-24)10-17(20)21-19(14-29(28-21)13-15(2)3)27-23(31)18-12-26-30-9-5-8-25-22(18)30/h5-10,12,14-15H,4,13H2,1-3H3,(H,27,31). The van der Waals surface area contributed by atoms with E-state index in [0.717, 1.165) is 0 Å². The average molecular weight is 429 g/mol. The minimum atomic E-state index is -0.349. The number of aromatic nitrogens is 5. The molecule has 0 fully saturated rings. The molecule has 0 radical (unpaired) electrons. The molecule has 0 aliphatic rings. The fraction of sp³-hybridized carbons (Fsp3) is 0.261. The maximum atomic E-state index is 13.1. The Balaban J connectivity index is 1.78. The van der Waals surface area contributed by atoms with Gasteiger partial charge in [-0.2, -0.15) is 15.5 Å². The van der Waals surface area contributed by atoms with E-state index in [1.807, 2.05) is 6.92 Å². The Kier molecular flexibility index (Phi) is 5.85. The number of amides is 1. The molecule has 0 aliphatic carbocycles. The van der Waals surface area contributed by atoms with Crippen LogP contribution in [0.5, 0.6) is 5.75 Å². The van der Waals surface area contributed by atoms with Gasteiger partial charge in [0.1, 0.15) is 17.0 Å². The lowest BCUT2D eigenvalue weighted by Crippen LogP contribution is -2.12. The van der Waals surface area contributed by atoms with Crippen molar-refractivity contribution in [2.45, 2.75) is 27.3 Å². The van der Waals surface area contributed by atoms with Crippen LogP contribution in [-0.4, -0.2) is 36.9 Å². The van der Waals surface area contributed by atoms with Crippen LogP contribution in [0.1, 0.15) is 36.7 Å².